The minimum Gasteiger partial charge on any atom is -0.494 e. The number of halogens is 4. The van der Waals surface area contributed by atoms with E-state index in [2.05, 4.69) is 14.6 Å². The van der Waals surface area contributed by atoms with Crippen LogP contribution in [0.5, 0.6) is 17.2 Å². The van der Waals surface area contributed by atoms with Crippen molar-refractivity contribution < 1.29 is 37.4 Å². The fourth-order valence-corrected chi connectivity index (χ4v) is 5.10. The fraction of sp³-hybridized carbons (Fsp3) is 0.483. The number of ether oxygens (including phenoxy) is 3. The average molecular weight is 627 g/mol. The summed E-state index contributed by atoms with van der Waals surface area (Å²) >= 11 is 5.90. The average Bonchev–Trinajstić information content (AvgIpc) is 3.36. The van der Waals surface area contributed by atoms with Gasteiger partial charge in [0.1, 0.15) is 30.1 Å². The van der Waals surface area contributed by atoms with Crippen LogP contribution >= 0.6 is 11.6 Å². The van der Waals surface area contributed by atoms with Gasteiger partial charge < -0.3 is 34.3 Å². The number of piperidine rings is 1. The van der Waals surface area contributed by atoms with Crippen molar-refractivity contribution in [2.75, 3.05) is 31.2 Å². The van der Waals surface area contributed by atoms with Gasteiger partial charge in [-0.3, -0.25) is 4.57 Å². The topological polar surface area (TPSA) is 112 Å². The Labute approximate surface area is 252 Å². The molecule has 0 saturated carbocycles. The summed E-state index contributed by atoms with van der Waals surface area (Å²) in [6, 6.07) is 13.2. The maximum atomic E-state index is 12.3. The first kappa shape index (κ1) is 32.2. The minimum atomic E-state index is -4.71. The van der Waals surface area contributed by atoms with Crippen LogP contribution in [0.4, 0.5) is 24.7 Å². The third-order valence-electron chi connectivity index (χ3n) is 7.20. The van der Waals surface area contributed by atoms with Gasteiger partial charge in [0.25, 0.3) is 0 Å². The molecule has 1 fully saturated rings. The van der Waals surface area contributed by atoms with Gasteiger partial charge in [0, 0.05) is 25.3 Å². The molecule has 43 heavy (non-hydrogen) atoms. The lowest BCUT2D eigenvalue weighted by atomic mass is 9.91. The van der Waals surface area contributed by atoms with Crippen LogP contribution in [0.25, 0.3) is 0 Å². The number of unbranched alkanes of at least 4 members (excludes halogenated alkanes) is 1. The predicted molar refractivity (Wildman–Crippen MR) is 154 cm³/mol. The summed E-state index contributed by atoms with van der Waals surface area (Å²) in [4.78, 5) is 16.2. The van der Waals surface area contributed by atoms with E-state index in [1.807, 2.05) is 24.3 Å². The third kappa shape index (κ3) is 10.5. The number of rotatable bonds is 15. The van der Waals surface area contributed by atoms with E-state index in [9.17, 15) is 28.4 Å². The quantitative estimate of drug-likeness (QED) is 0.114. The van der Waals surface area contributed by atoms with Crippen LogP contribution in [0.2, 0.25) is 5.28 Å². The number of alkyl halides is 3. The summed E-state index contributed by atoms with van der Waals surface area (Å²) in [6.07, 6.45) is 1.23. The second-order valence-corrected chi connectivity index (χ2v) is 10.7. The van der Waals surface area contributed by atoms with Gasteiger partial charge in [-0.25, -0.2) is 0 Å². The van der Waals surface area contributed by atoms with Crippen LogP contribution < -0.4 is 19.1 Å². The van der Waals surface area contributed by atoms with Gasteiger partial charge in [0.15, 0.2) is 0 Å². The van der Waals surface area contributed by atoms with Gasteiger partial charge in [-0.1, -0.05) is 6.42 Å². The molecule has 1 aromatic heterocycles. The molecule has 1 unspecified atom stereocenters. The molecule has 2 heterocycles. The Bertz CT molecular complexity index is 1300. The van der Waals surface area contributed by atoms with E-state index in [1.165, 1.54) is 35.0 Å². The normalized spacial score (nSPS) is 14.9. The first-order valence-corrected chi connectivity index (χ1v) is 14.4. The van der Waals surface area contributed by atoms with Crippen molar-refractivity contribution in [1.82, 2.24) is 9.55 Å². The second-order valence-electron chi connectivity index (χ2n) is 10.4. The lowest BCUT2D eigenvalue weighted by molar-refractivity contribution is -0.389. The highest BCUT2D eigenvalue weighted by Gasteiger charge is 2.31. The number of hydrogen-bond acceptors (Lipinski definition) is 8. The number of hydrogen-bond donors (Lipinski definition) is 1. The summed E-state index contributed by atoms with van der Waals surface area (Å²) < 4.78 is 53.4. The van der Waals surface area contributed by atoms with Gasteiger partial charge in [0.05, 0.1) is 12.7 Å². The first-order chi connectivity index (χ1) is 20.6. The van der Waals surface area contributed by atoms with Gasteiger partial charge in [0.2, 0.25) is 0 Å². The Hall–Kier alpha value is -3.71. The van der Waals surface area contributed by atoms with Crippen molar-refractivity contribution in [1.29, 1.82) is 0 Å². The third-order valence-corrected chi connectivity index (χ3v) is 7.50. The molecular formula is C29H34ClF3N4O6. The van der Waals surface area contributed by atoms with E-state index in [0.717, 1.165) is 50.9 Å². The molecule has 0 bridgehead atoms. The molecule has 0 spiro atoms. The highest BCUT2D eigenvalue weighted by Crippen LogP contribution is 2.28. The Kier molecular flexibility index (Phi) is 11.3. The molecule has 1 aliphatic rings. The summed E-state index contributed by atoms with van der Waals surface area (Å²) in [5.41, 5.74) is 1.11. The van der Waals surface area contributed by atoms with E-state index < -0.39 is 17.4 Å². The van der Waals surface area contributed by atoms with E-state index in [4.69, 9.17) is 21.1 Å². The van der Waals surface area contributed by atoms with Crippen LogP contribution in [-0.4, -0.2) is 58.4 Å². The highest BCUT2D eigenvalue weighted by atomic mass is 35.5. The summed E-state index contributed by atoms with van der Waals surface area (Å²) in [5, 5.41) is 21.1. The number of imidazole rings is 1. The van der Waals surface area contributed by atoms with Crippen molar-refractivity contribution in [2.45, 2.75) is 57.5 Å². The maximum Gasteiger partial charge on any atom is 0.573 e. The zero-order valence-corrected chi connectivity index (χ0v) is 24.2. The van der Waals surface area contributed by atoms with Crippen molar-refractivity contribution in [2.24, 2.45) is 5.92 Å². The van der Waals surface area contributed by atoms with Gasteiger partial charge in [-0.2, -0.15) is 0 Å². The van der Waals surface area contributed by atoms with E-state index in [0.29, 0.717) is 30.4 Å². The van der Waals surface area contributed by atoms with Gasteiger partial charge in [-0.05, 0) is 108 Å². The second kappa shape index (κ2) is 15.1. The Morgan fingerprint density at radius 2 is 1.65 bits per heavy atom. The van der Waals surface area contributed by atoms with Crippen LogP contribution in [0.15, 0.2) is 54.7 Å². The highest BCUT2D eigenvalue weighted by molar-refractivity contribution is 6.28. The SMILES string of the molecule is O=[N+]([O-])c1cn(CCC(O)COc2ccc(N3CCC(CCCCOc4ccc(OC(F)(F)F)cc4)CC3)cc2)c(Cl)n1. The Morgan fingerprint density at radius 3 is 2.28 bits per heavy atom. The van der Waals surface area contributed by atoms with Crippen molar-refractivity contribution >= 4 is 23.1 Å². The van der Waals surface area contributed by atoms with E-state index >= 15 is 0 Å². The number of aromatic nitrogens is 2. The smallest absolute Gasteiger partial charge is 0.494 e. The molecule has 3 aromatic rings. The summed E-state index contributed by atoms with van der Waals surface area (Å²) in [5.74, 6) is 1.19. The molecule has 2 aromatic carbocycles. The Morgan fingerprint density at radius 1 is 1.02 bits per heavy atom. The van der Waals surface area contributed by atoms with Crippen LogP contribution in [0.3, 0.4) is 0 Å². The lowest BCUT2D eigenvalue weighted by Crippen LogP contribution is -2.33. The molecule has 1 aliphatic heterocycles. The molecule has 10 nitrogen and oxygen atoms in total. The maximum absolute atomic E-state index is 12.3. The summed E-state index contributed by atoms with van der Waals surface area (Å²) in [7, 11) is 0. The number of nitrogens with zero attached hydrogens (tertiary/aromatic N) is 4. The molecule has 1 atom stereocenters. The molecule has 0 radical (unpaired) electrons. The van der Waals surface area contributed by atoms with Gasteiger partial charge in [-0.15, -0.1) is 13.2 Å². The number of nitro groups is 1. The van der Waals surface area contributed by atoms with Crippen LogP contribution in [0.1, 0.15) is 38.5 Å². The van der Waals surface area contributed by atoms with Gasteiger partial charge >= 0.3 is 17.5 Å². The van der Waals surface area contributed by atoms with E-state index in [1.54, 1.807) is 0 Å². The molecule has 4 rings (SSSR count). The largest absolute Gasteiger partial charge is 0.573 e. The lowest BCUT2D eigenvalue weighted by Gasteiger charge is -2.33. The molecule has 0 amide bonds. The number of aliphatic hydroxyl groups excluding tert-OH is 1. The molecule has 1 N–H and O–H groups in total. The van der Waals surface area contributed by atoms with Crippen molar-refractivity contribution in [3.8, 4) is 17.2 Å². The monoisotopic (exact) mass is 626 g/mol. The number of aryl methyl sites for hydroxylation is 1. The zero-order valence-electron chi connectivity index (χ0n) is 23.4. The molecule has 0 aliphatic carbocycles. The van der Waals surface area contributed by atoms with Crippen LogP contribution in [0, 0.1) is 16.0 Å². The Balaban J connectivity index is 1.08. The van der Waals surface area contributed by atoms with Crippen molar-refractivity contribution in [3.63, 3.8) is 0 Å². The van der Waals surface area contributed by atoms with Crippen molar-refractivity contribution in [3.05, 3.63) is 70.1 Å². The number of aliphatic hydroxyl groups is 1. The molecule has 1 saturated heterocycles. The summed E-state index contributed by atoms with van der Waals surface area (Å²) in [6.45, 7) is 2.78. The number of anilines is 1. The van der Waals surface area contributed by atoms with E-state index in [-0.39, 0.29) is 30.0 Å². The fourth-order valence-electron chi connectivity index (χ4n) is 4.88. The first-order valence-electron chi connectivity index (χ1n) is 14.1. The van der Waals surface area contributed by atoms with Crippen LogP contribution in [-0.2, 0) is 6.54 Å². The zero-order chi connectivity index (χ0) is 30.8. The number of benzene rings is 2. The standard InChI is InChI=1S/C29H34ClF3N4O6/c30-28-34-27(37(39)40)19-36(28)17-14-23(38)20-42-25-6-4-22(5-7-25)35-15-12-21(13-16-35)3-1-2-18-41-24-8-10-26(11-9-24)43-29(31,32)33/h4-11,19,21,23,38H,1-3,12-18,20H2. The molecule has 14 heteroatoms. The molecular weight excluding hydrogens is 593 g/mol. The minimum absolute atomic E-state index is 0.00199. The predicted octanol–water partition coefficient (Wildman–Crippen LogP) is 6.64. The molecule has 234 valence electrons.